The smallest absolute Gasteiger partial charge is 0.334 e. The summed E-state index contributed by atoms with van der Waals surface area (Å²) in [5, 5.41) is 10.4. The molecule has 2 fully saturated rings. The van der Waals surface area contributed by atoms with Crippen molar-refractivity contribution < 1.29 is 19.4 Å². The molecule has 2 aliphatic rings. The lowest BCUT2D eigenvalue weighted by atomic mass is 9.65. The van der Waals surface area contributed by atoms with Crippen LogP contribution < -0.4 is 0 Å². The first-order chi connectivity index (χ1) is 9.25. The van der Waals surface area contributed by atoms with E-state index < -0.39 is 17.5 Å². The Bertz CT molecular complexity index is 479. The van der Waals surface area contributed by atoms with Gasteiger partial charge < -0.3 is 9.84 Å². The Morgan fingerprint density at radius 3 is 2.80 bits per heavy atom. The van der Waals surface area contributed by atoms with Crippen LogP contribution in [-0.2, 0) is 14.3 Å². The van der Waals surface area contributed by atoms with Crippen LogP contribution in [0, 0.1) is 11.3 Å². The van der Waals surface area contributed by atoms with Crippen LogP contribution in [0.2, 0.25) is 0 Å². The summed E-state index contributed by atoms with van der Waals surface area (Å²) < 4.78 is 5.28. The summed E-state index contributed by atoms with van der Waals surface area (Å²) in [6, 6.07) is 0. The van der Waals surface area contributed by atoms with Crippen LogP contribution in [-0.4, -0.2) is 29.1 Å². The van der Waals surface area contributed by atoms with Crippen LogP contribution in [0.15, 0.2) is 24.3 Å². The maximum atomic E-state index is 12.4. The van der Waals surface area contributed by atoms with Gasteiger partial charge in [-0.1, -0.05) is 19.1 Å². The van der Waals surface area contributed by atoms with E-state index in [1.165, 1.54) is 0 Å². The van der Waals surface area contributed by atoms with Crippen LogP contribution in [0.4, 0.5) is 0 Å². The molecule has 0 aromatic rings. The number of carbonyl (C=O) groups is 2. The number of hydrogen-bond donors (Lipinski definition) is 1. The summed E-state index contributed by atoms with van der Waals surface area (Å²) in [4.78, 5) is 23.9. The second-order valence-electron chi connectivity index (χ2n) is 6.34. The molecule has 1 heterocycles. The second kappa shape index (κ2) is 5.17. The molecule has 1 N–H and O–H groups in total. The van der Waals surface area contributed by atoms with Crippen molar-refractivity contribution in [3.63, 3.8) is 0 Å². The van der Waals surface area contributed by atoms with Crippen molar-refractivity contribution in [1.29, 1.82) is 0 Å². The van der Waals surface area contributed by atoms with Crippen molar-refractivity contribution in [2.75, 3.05) is 0 Å². The van der Waals surface area contributed by atoms with Crippen LogP contribution in [0.25, 0.3) is 0 Å². The predicted octanol–water partition coefficient (Wildman–Crippen LogP) is 2.17. The Balaban J connectivity index is 2.13. The highest BCUT2D eigenvalue weighted by Crippen LogP contribution is 2.46. The van der Waals surface area contributed by atoms with Gasteiger partial charge in [0.15, 0.2) is 0 Å². The van der Waals surface area contributed by atoms with Gasteiger partial charge in [-0.3, -0.25) is 4.79 Å². The molecule has 110 valence electrons. The number of ketones is 1. The maximum Gasteiger partial charge on any atom is 0.334 e. The van der Waals surface area contributed by atoms with E-state index in [2.05, 4.69) is 13.2 Å². The van der Waals surface area contributed by atoms with Gasteiger partial charge in [0.25, 0.3) is 0 Å². The third-order valence-electron chi connectivity index (χ3n) is 4.66. The first-order valence-electron chi connectivity index (χ1n) is 7.01. The Morgan fingerprint density at radius 2 is 2.20 bits per heavy atom. The van der Waals surface area contributed by atoms with Crippen molar-refractivity contribution in [2.45, 2.75) is 51.7 Å². The summed E-state index contributed by atoms with van der Waals surface area (Å²) in [5.41, 5.74) is 0.526. The van der Waals surface area contributed by atoms with Gasteiger partial charge in [0.2, 0.25) is 0 Å². The van der Waals surface area contributed by atoms with Crippen molar-refractivity contribution in [2.24, 2.45) is 11.3 Å². The van der Waals surface area contributed by atoms with E-state index in [0.29, 0.717) is 24.8 Å². The Labute approximate surface area is 119 Å². The minimum Gasteiger partial charge on any atom is -0.458 e. The molecule has 4 heteroatoms. The van der Waals surface area contributed by atoms with Gasteiger partial charge in [-0.2, -0.15) is 0 Å². The number of carbonyl (C=O) groups excluding carboxylic acids is 2. The number of ether oxygens (including phenoxy) is 1. The summed E-state index contributed by atoms with van der Waals surface area (Å²) in [7, 11) is 0. The fourth-order valence-electron chi connectivity index (χ4n) is 3.10. The number of aliphatic hydroxyl groups excluding tert-OH is 1. The molecule has 0 amide bonds. The molecule has 4 nitrogen and oxygen atoms in total. The van der Waals surface area contributed by atoms with E-state index in [1.807, 2.05) is 6.92 Å². The first-order valence-corrected chi connectivity index (χ1v) is 7.01. The summed E-state index contributed by atoms with van der Waals surface area (Å²) in [6.45, 7) is 11.2. The first kappa shape index (κ1) is 15.0. The highest BCUT2D eigenvalue weighted by atomic mass is 16.6. The Morgan fingerprint density at radius 1 is 1.55 bits per heavy atom. The molecule has 0 bridgehead atoms. The largest absolute Gasteiger partial charge is 0.458 e. The number of fused-ring (bicyclic) bond motifs is 1. The molecule has 0 aromatic carbocycles. The highest BCUT2D eigenvalue weighted by molar-refractivity contribution is 5.95. The normalized spacial score (nSPS) is 34.6. The Kier molecular flexibility index (Phi) is 3.87. The average Bonchev–Trinajstić information content (AvgIpc) is 2.63. The lowest BCUT2D eigenvalue weighted by Gasteiger charge is -2.40. The number of esters is 1. The average molecular weight is 278 g/mol. The molecule has 1 aliphatic heterocycles. The van der Waals surface area contributed by atoms with Crippen LogP contribution in [0.5, 0.6) is 0 Å². The molecule has 2 rings (SSSR count). The van der Waals surface area contributed by atoms with Crippen molar-refractivity contribution in [3.05, 3.63) is 24.3 Å². The molecule has 1 aliphatic carbocycles. The lowest BCUT2D eigenvalue weighted by Crippen LogP contribution is -2.48. The molecule has 0 unspecified atom stereocenters. The third kappa shape index (κ3) is 2.44. The van der Waals surface area contributed by atoms with Gasteiger partial charge in [0.1, 0.15) is 11.9 Å². The zero-order valence-electron chi connectivity index (χ0n) is 12.1. The number of aliphatic hydroxyl groups is 1. The predicted molar refractivity (Wildman–Crippen MR) is 74.9 cm³/mol. The molecule has 1 saturated heterocycles. The van der Waals surface area contributed by atoms with Crippen LogP contribution in [0.3, 0.4) is 0 Å². The van der Waals surface area contributed by atoms with Gasteiger partial charge in [0, 0.05) is 17.9 Å². The van der Waals surface area contributed by atoms with Crippen molar-refractivity contribution in [3.8, 4) is 0 Å². The fourth-order valence-corrected chi connectivity index (χ4v) is 3.10. The quantitative estimate of drug-likeness (QED) is 0.486. The van der Waals surface area contributed by atoms with Crippen molar-refractivity contribution >= 4 is 11.8 Å². The van der Waals surface area contributed by atoms with Crippen LogP contribution >= 0.6 is 0 Å². The van der Waals surface area contributed by atoms with Gasteiger partial charge in [-0.25, -0.2) is 4.79 Å². The zero-order valence-corrected chi connectivity index (χ0v) is 12.1. The van der Waals surface area contributed by atoms with Gasteiger partial charge in [-0.15, -0.1) is 6.58 Å². The second-order valence-corrected chi connectivity index (χ2v) is 6.34. The fraction of sp³-hybridized carbons (Fsp3) is 0.625. The Hall–Kier alpha value is -1.42. The number of allylic oxidation sites excluding steroid dienone is 1. The van der Waals surface area contributed by atoms with E-state index in [9.17, 15) is 14.7 Å². The highest BCUT2D eigenvalue weighted by Gasteiger charge is 2.53. The number of hydrogen-bond acceptors (Lipinski definition) is 4. The molecular weight excluding hydrogens is 256 g/mol. The molecule has 4 atom stereocenters. The van der Waals surface area contributed by atoms with Gasteiger partial charge >= 0.3 is 5.97 Å². The molecular formula is C16H22O4. The maximum absolute atomic E-state index is 12.4. The number of Topliss-reactive ketones (excluding diaryl/α,β-unsaturated/α-hetero) is 1. The summed E-state index contributed by atoms with van der Waals surface area (Å²) in [6.07, 6.45) is 0.737. The van der Waals surface area contributed by atoms with E-state index >= 15 is 0 Å². The standard InChI is InChI=1S/C16H22O4/c1-9(2)5-6-13(17)16(4)8-12-11(7-14(16)18)10(3)15(19)20-12/h11-13,17H,1,3,5-8H2,2,4H3/t11-,12-,13-,16+/m0/s1. The molecule has 0 radical (unpaired) electrons. The summed E-state index contributed by atoms with van der Waals surface area (Å²) >= 11 is 0. The minimum atomic E-state index is -0.846. The molecule has 20 heavy (non-hydrogen) atoms. The minimum absolute atomic E-state index is 0.00702. The van der Waals surface area contributed by atoms with Crippen molar-refractivity contribution in [1.82, 2.24) is 0 Å². The molecule has 1 saturated carbocycles. The monoisotopic (exact) mass is 278 g/mol. The topological polar surface area (TPSA) is 63.6 Å². The molecule has 0 spiro atoms. The molecule has 0 aromatic heterocycles. The van der Waals surface area contributed by atoms with E-state index in [4.69, 9.17) is 4.74 Å². The van der Waals surface area contributed by atoms with E-state index in [-0.39, 0.29) is 24.2 Å². The van der Waals surface area contributed by atoms with Crippen LogP contribution in [0.1, 0.15) is 39.5 Å². The lowest BCUT2D eigenvalue weighted by molar-refractivity contribution is -0.152. The third-order valence-corrected chi connectivity index (χ3v) is 4.66. The van der Waals surface area contributed by atoms with E-state index in [0.717, 1.165) is 5.57 Å². The number of rotatable bonds is 4. The SMILES string of the molecule is C=C(C)CC[C@H](O)[C@@]1(C)C[C@@H]2OC(=O)C(=C)[C@@H]2CC1=O. The van der Waals surface area contributed by atoms with E-state index in [1.54, 1.807) is 6.92 Å². The zero-order chi connectivity index (χ0) is 15.1. The van der Waals surface area contributed by atoms with Gasteiger partial charge in [0.05, 0.1) is 11.5 Å². The summed E-state index contributed by atoms with van der Waals surface area (Å²) in [5.74, 6) is -0.627. The van der Waals surface area contributed by atoms with Gasteiger partial charge in [-0.05, 0) is 26.2 Å².